The summed E-state index contributed by atoms with van der Waals surface area (Å²) in [6.07, 6.45) is 12.9. The number of likely N-dealkylation sites (N-methyl/N-ethyl adjacent to an activating group) is 6. The van der Waals surface area contributed by atoms with Crippen molar-refractivity contribution in [1.29, 1.82) is 0 Å². The van der Waals surface area contributed by atoms with Crippen molar-refractivity contribution in [2.45, 2.75) is 341 Å². The number of hydrogen-bond acceptors (Lipinski definition) is 6. The van der Waals surface area contributed by atoms with Gasteiger partial charge in [-0.05, 0) is 197 Å². The molecule has 0 radical (unpaired) electrons. The Labute approximate surface area is 555 Å². The molecule has 12 nitrogen and oxygen atoms in total. The Morgan fingerprint density at radius 3 is 1.05 bits per heavy atom. The number of hydrogen-bond donors (Lipinski definition) is 0. The van der Waals surface area contributed by atoms with Gasteiger partial charge >= 0.3 is 0 Å². The van der Waals surface area contributed by atoms with E-state index >= 15 is 0 Å². The summed E-state index contributed by atoms with van der Waals surface area (Å²) in [5.41, 5.74) is 2.14. The van der Waals surface area contributed by atoms with Gasteiger partial charge in [-0.15, -0.1) is 0 Å². The van der Waals surface area contributed by atoms with E-state index in [0.717, 1.165) is 36.3 Å². The molecule has 0 aromatic carbocycles. The molecule has 0 aliphatic carbocycles. The van der Waals surface area contributed by atoms with Crippen LogP contribution in [0.2, 0.25) is 0 Å². The van der Waals surface area contributed by atoms with Gasteiger partial charge < -0.3 is 26.9 Å². The van der Waals surface area contributed by atoms with Crippen LogP contribution in [0.3, 0.4) is 0 Å². The van der Waals surface area contributed by atoms with Crippen LogP contribution in [-0.2, 0) is 0 Å². The van der Waals surface area contributed by atoms with Crippen LogP contribution in [0.4, 0.5) is 0 Å². The first-order chi connectivity index (χ1) is 40.1. The van der Waals surface area contributed by atoms with Crippen LogP contribution in [0.5, 0.6) is 0 Å². The third-order valence-electron chi connectivity index (χ3n) is 25.7. The minimum atomic E-state index is 0.324. The Balaban J connectivity index is 0.000000528. The summed E-state index contributed by atoms with van der Waals surface area (Å²) >= 11 is 0. The van der Waals surface area contributed by atoms with E-state index in [0.29, 0.717) is 33.2 Å². The van der Waals surface area contributed by atoms with Gasteiger partial charge in [-0.1, -0.05) is 68.2 Å². The topological polar surface area (TPSA) is 19.4 Å². The maximum Gasteiger partial charge on any atom is 0.135 e. The first-order valence-corrected chi connectivity index (χ1v) is 37.7. The van der Waals surface area contributed by atoms with E-state index in [4.69, 9.17) is 0 Å². The summed E-state index contributed by atoms with van der Waals surface area (Å²) in [6.45, 7) is 92.8. The molecule has 6 rings (SSSR count). The molecule has 12 heteroatoms. The SMILES string of the molecule is CCC(C)(C)N1CC(C)[N@@+](C)(CC)C1.CCC(C)(C)N1C[N@+](C)(CC)CC1C.CCC1CN(C(C)(C)CC)C[N@+]1(C)CC.CCC1C[N@@+](C)(CC)CN1C(C)(C)CC.CCCC1CN(C(C)(C)C)C[N@+]1(C)CC.CCCC1C[N@@+](C)(CC)CN1C(C)(C)C. The lowest BCUT2D eigenvalue weighted by Gasteiger charge is -2.37. The van der Waals surface area contributed by atoms with Crippen LogP contribution < -0.4 is 0 Å². The molecule has 6 saturated heterocycles. The number of nitrogens with zero attached hydrogens (tertiary/aromatic N) is 12. The Hall–Kier alpha value is -0.480. The molecule has 12 atom stereocenters. The van der Waals surface area contributed by atoms with Gasteiger partial charge in [0.05, 0.1) is 139 Å². The van der Waals surface area contributed by atoms with Crippen LogP contribution >= 0.6 is 0 Å². The molecule has 0 aromatic heterocycles. The fourth-order valence-electron chi connectivity index (χ4n) is 15.2. The standard InChI is InChI=1S/4C13H29N2.2C12H27N2/c1-7-9-12-10-15(6,8-2)11-14(12)13(3,4)5;1-7-9-12-10-14(13(3,4)5)11-15(12,6)8-2;1-7-12-10-15(6,9-3)11-14(12)13(4,5)8-2;1-7-12-10-14(13(4,5)8-2)11-15(12,6)9-3;1-7-12(4,5)13-10-14(6,8-2)9-11(13)3;1-7-12(4,5)13-9-11(3)14(6,8-2)10-13/h4*12H,7-11H2,1-6H3;2*11H,7-10H2,1-6H3/q6*+1/t4*12?,15-;2*11?,14-/m101010/s1. The molecule has 6 aliphatic heterocycles. The highest BCUT2D eigenvalue weighted by Gasteiger charge is 2.49. The largest absolute Gasteiger partial charge is 0.312 e. The quantitative estimate of drug-likeness (QED) is 0.112. The monoisotopic (exact) mass is 1250 g/mol. The van der Waals surface area contributed by atoms with E-state index < -0.39 is 0 Å². The lowest BCUT2D eigenvalue weighted by molar-refractivity contribution is -0.923. The van der Waals surface area contributed by atoms with E-state index in [9.17, 15) is 0 Å². The van der Waals surface area contributed by atoms with Crippen molar-refractivity contribution < 1.29 is 26.9 Å². The Morgan fingerprint density at radius 2 is 0.693 bits per heavy atom. The van der Waals surface area contributed by atoms with Crippen LogP contribution in [0, 0.1) is 0 Å². The first-order valence-electron chi connectivity index (χ1n) is 37.7. The molecule has 0 spiro atoms. The van der Waals surface area contributed by atoms with Crippen molar-refractivity contribution in [3.8, 4) is 0 Å². The maximum atomic E-state index is 2.73. The fourth-order valence-corrected chi connectivity index (χ4v) is 15.2. The van der Waals surface area contributed by atoms with Gasteiger partial charge in [-0.2, -0.15) is 0 Å². The van der Waals surface area contributed by atoms with Crippen LogP contribution in [0.1, 0.15) is 272 Å². The normalized spacial score (nSPS) is 34.1. The zero-order valence-electron chi connectivity index (χ0n) is 67.6. The molecular formula is C76H170N12+6. The van der Waals surface area contributed by atoms with Gasteiger partial charge in [0.1, 0.15) is 58.1 Å². The summed E-state index contributed by atoms with van der Waals surface area (Å²) in [7, 11) is 14.4. The molecule has 0 aromatic rings. The second kappa shape index (κ2) is 34.5. The summed E-state index contributed by atoms with van der Waals surface area (Å²) in [5, 5.41) is 0. The van der Waals surface area contributed by atoms with E-state index in [2.05, 4.69) is 279 Å². The van der Waals surface area contributed by atoms with Gasteiger partial charge in [0.2, 0.25) is 0 Å². The Morgan fingerprint density at radius 1 is 0.330 bits per heavy atom. The Bertz CT molecular complexity index is 1930. The molecule has 0 amide bonds. The van der Waals surface area contributed by atoms with Gasteiger partial charge in [-0.3, -0.25) is 0 Å². The predicted molar refractivity (Wildman–Crippen MR) is 391 cm³/mol. The van der Waals surface area contributed by atoms with Gasteiger partial charge in [0.15, 0.2) is 0 Å². The minimum absolute atomic E-state index is 0.324. The fraction of sp³-hybridized carbons (Fsp3) is 1.00. The molecule has 0 saturated carbocycles. The molecule has 0 bridgehead atoms. The first kappa shape index (κ1) is 85.5. The van der Waals surface area contributed by atoms with Gasteiger partial charge in [-0.25, -0.2) is 29.4 Å². The van der Waals surface area contributed by atoms with E-state index in [-0.39, 0.29) is 0 Å². The van der Waals surface area contributed by atoms with Crippen molar-refractivity contribution in [3.63, 3.8) is 0 Å². The van der Waals surface area contributed by atoms with E-state index in [1.807, 2.05) is 0 Å². The van der Waals surface area contributed by atoms with E-state index in [1.54, 1.807) is 0 Å². The highest BCUT2D eigenvalue weighted by atomic mass is 15.6. The van der Waals surface area contributed by atoms with Crippen molar-refractivity contribution in [2.24, 2.45) is 0 Å². The number of rotatable bonds is 20. The smallest absolute Gasteiger partial charge is 0.135 e. The Kier molecular flexibility index (Phi) is 33.5. The summed E-state index contributed by atoms with van der Waals surface area (Å²) < 4.78 is 7.35. The molecule has 528 valence electrons. The molecular weight excluding hydrogens is 1080 g/mol. The lowest BCUT2D eigenvalue weighted by Crippen LogP contribution is -2.50. The van der Waals surface area contributed by atoms with Crippen LogP contribution in [-0.4, -0.2) is 287 Å². The molecule has 6 aliphatic rings. The average Bonchev–Trinajstić information content (AvgIpc) is 2.78. The van der Waals surface area contributed by atoms with Gasteiger partial charge in [0.25, 0.3) is 0 Å². The van der Waals surface area contributed by atoms with Gasteiger partial charge in [0, 0.05) is 39.7 Å². The third-order valence-corrected chi connectivity index (χ3v) is 25.7. The second-order valence-corrected chi connectivity index (χ2v) is 35.9. The van der Waals surface area contributed by atoms with Crippen LogP contribution in [0.15, 0.2) is 0 Å². The van der Waals surface area contributed by atoms with Crippen LogP contribution in [0.25, 0.3) is 0 Å². The molecule has 0 N–H and O–H groups in total. The zero-order chi connectivity index (χ0) is 68.7. The summed E-state index contributed by atoms with van der Waals surface area (Å²) in [4.78, 5) is 16.1. The maximum absolute atomic E-state index is 2.73. The highest BCUT2D eigenvalue weighted by Crippen LogP contribution is 2.36. The second-order valence-electron chi connectivity index (χ2n) is 35.9. The highest BCUT2D eigenvalue weighted by molar-refractivity contribution is 4.90. The molecule has 6 heterocycles. The van der Waals surface area contributed by atoms with E-state index in [1.165, 1.54) is 210 Å². The van der Waals surface area contributed by atoms with Crippen molar-refractivity contribution in [1.82, 2.24) is 29.4 Å². The van der Waals surface area contributed by atoms with Crippen molar-refractivity contribution >= 4 is 0 Å². The van der Waals surface area contributed by atoms with Crippen molar-refractivity contribution in [2.75, 3.05) is 161 Å². The zero-order valence-corrected chi connectivity index (χ0v) is 67.6. The molecule has 6 unspecified atom stereocenters. The minimum Gasteiger partial charge on any atom is -0.312 e. The summed E-state index contributed by atoms with van der Waals surface area (Å²) in [5.74, 6) is 0. The molecule has 6 fully saturated rings. The predicted octanol–water partition coefficient (Wildman–Crippen LogP) is 15.4. The lowest BCUT2D eigenvalue weighted by atomic mass is 9.97. The average molecular weight is 1250 g/mol. The summed E-state index contributed by atoms with van der Waals surface area (Å²) in [6, 6.07) is 4.77. The van der Waals surface area contributed by atoms with Crippen molar-refractivity contribution in [3.05, 3.63) is 0 Å². The molecule has 88 heavy (non-hydrogen) atoms. The number of quaternary nitrogens is 6. The third kappa shape index (κ3) is 23.1.